The molecule has 0 saturated heterocycles. The number of benzene rings is 1. The Morgan fingerprint density at radius 1 is 1.42 bits per heavy atom. The highest BCUT2D eigenvalue weighted by Gasteiger charge is 2.39. The van der Waals surface area contributed by atoms with Crippen molar-refractivity contribution in [2.75, 3.05) is 19.1 Å². The van der Waals surface area contributed by atoms with E-state index in [-0.39, 0.29) is 13.0 Å². The molecule has 0 bridgehead atoms. The Morgan fingerprint density at radius 2 is 2.16 bits per heavy atom. The lowest BCUT2D eigenvalue weighted by molar-refractivity contribution is -0.213. The molecule has 0 fully saturated rings. The minimum absolute atomic E-state index is 0.0782. The van der Waals surface area contributed by atoms with Gasteiger partial charge in [0.2, 0.25) is 0 Å². The van der Waals surface area contributed by atoms with Gasteiger partial charge in [0.25, 0.3) is 0 Å². The second-order valence-electron chi connectivity index (χ2n) is 3.80. The fraction of sp³-hybridized carbons (Fsp3) is 0.417. The number of ether oxygens (including phenoxy) is 1. The fourth-order valence-corrected chi connectivity index (χ4v) is 1.45. The minimum Gasteiger partial charge on any atom is -0.372 e. The predicted octanol–water partition coefficient (Wildman–Crippen LogP) is 2.44. The van der Waals surface area contributed by atoms with Gasteiger partial charge in [0, 0.05) is 13.7 Å². The summed E-state index contributed by atoms with van der Waals surface area (Å²) in [5.41, 5.74) is 6.46. The third-order valence-corrected chi connectivity index (χ3v) is 2.41. The standard InChI is InChI=1S/C12H14F3N3O/c1-19-11(12(13,14)15)5-6-17-18-10-4-2-3-9(7-10)8-16/h2-4,7,11,17-18H,5-6H2,1H3. The highest BCUT2D eigenvalue weighted by molar-refractivity contribution is 5.48. The van der Waals surface area contributed by atoms with Crippen molar-refractivity contribution in [2.24, 2.45) is 0 Å². The van der Waals surface area contributed by atoms with Gasteiger partial charge in [-0.1, -0.05) is 6.07 Å². The number of alkyl halides is 3. The first-order chi connectivity index (χ1) is 8.97. The van der Waals surface area contributed by atoms with Gasteiger partial charge in [-0.15, -0.1) is 0 Å². The lowest BCUT2D eigenvalue weighted by atomic mass is 10.2. The van der Waals surface area contributed by atoms with Crippen molar-refractivity contribution in [2.45, 2.75) is 18.7 Å². The van der Waals surface area contributed by atoms with Crippen molar-refractivity contribution in [3.05, 3.63) is 29.8 Å². The molecule has 0 spiro atoms. The summed E-state index contributed by atoms with van der Waals surface area (Å²) in [6.07, 6.45) is -6.35. The number of nitriles is 1. The average Bonchev–Trinajstić information content (AvgIpc) is 2.37. The summed E-state index contributed by atoms with van der Waals surface area (Å²) in [7, 11) is 1.03. The molecule has 0 aliphatic rings. The Labute approximate surface area is 109 Å². The summed E-state index contributed by atoms with van der Waals surface area (Å²) in [5.74, 6) is 0. The second kappa shape index (κ2) is 6.97. The van der Waals surface area contributed by atoms with Crippen LogP contribution in [-0.2, 0) is 4.74 Å². The van der Waals surface area contributed by atoms with E-state index in [1.54, 1.807) is 24.3 Å². The van der Waals surface area contributed by atoms with E-state index in [4.69, 9.17) is 5.26 Å². The highest BCUT2D eigenvalue weighted by Crippen LogP contribution is 2.24. The lowest BCUT2D eigenvalue weighted by Crippen LogP contribution is -2.35. The fourth-order valence-electron chi connectivity index (χ4n) is 1.45. The van der Waals surface area contributed by atoms with Crippen LogP contribution in [0.1, 0.15) is 12.0 Å². The molecule has 0 aliphatic carbocycles. The number of hydrazine groups is 1. The molecule has 0 amide bonds. The molecule has 1 aromatic carbocycles. The maximum Gasteiger partial charge on any atom is 0.414 e. The zero-order valence-electron chi connectivity index (χ0n) is 10.3. The van der Waals surface area contributed by atoms with Crippen molar-refractivity contribution >= 4 is 5.69 Å². The molecule has 19 heavy (non-hydrogen) atoms. The molecule has 1 atom stereocenters. The molecule has 1 aromatic rings. The molecule has 7 heteroatoms. The number of nitrogens with one attached hydrogen (secondary N) is 2. The third kappa shape index (κ3) is 5.16. The Morgan fingerprint density at radius 3 is 2.74 bits per heavy atom. The lowest BCUT2D eigenvalue weighted by Gasteiger charge is -2.19. The number of methoxy groups -OCH3 is 1. The van der Waals surface area contributed by atoms with Gasteiger partial charge in [0.15, 0.2) is 6.10 Å². The van der Waals surface area contributed by atoms with Gasteiger partial charge in [-0.05, 0) is 24.6 Å². The summed E-state index contributed by atoms with van der Waals surface area (Å²) in [5, 5.41) is 8.69. The molecule has 0 heterocycles. The molecule has 104 valence electrons. The molecular weight excluding hydrogens is 259 g/mol. The Kier molecular flexibility index (Phi) is 5.60. The normalized spacial score (nSPS) is 12.8. The monoisotopic (exact) mass is 273 g/mol. The summed E-state index contributed by atoms with van der Waals surface area (Å²) >= 11 is 0. The van der Waals surface area contributed by atoms with E-state index in [0.29, 0.717) is 11.3 Å². The molecular formula is C12H14F3N3O. The predicted molar refractivity (Wildman–Crippen MR) is 64.3 cm³/mol. The average molecular weight is 273 g/mol. The van der Waals surface area contributed by atoms with E-state index in [2.05, 4.69) is 15.6 Å². The van der Waals surface area contributed by atoms with Crippen LogP contribution in [0.4, 0.5) is 18.9 Å². The van der Waals surface area contributed by atoms with E-state index in [1.165, 1.54) is 0 Å². The van der Waals surface area contributed by atoms with Crippen molar-refractivity contribution in [3.8, 4) is 6.07 Å². The number of nitrogens with zero attached hydrogens (tertiary/aromatic N) is 1. The molecule has 1 rings (SSSR count). The largest absolute Gasteiger partial charge is 0.414 e. The van der Waals surface area contributed by atoms with Crippen LogP contribution in [0.5, 0.6) is 0 Å². The Bertz CT molecular complexity index is 443. The van der Waals surface area contributed by atoms with Crippen LogP contribution in [0.25, 0.3) is 0 Å². The van der Waals surface area contributed by atoms with E-state index in [9.17, 15) is 13.2 Å². The van der Waals surface area contributed by atoms with E-state index in [1.807, 2.05) is 6.07 Å². The number of hydrogen-bond donors (Lipinski definition) is 2. The van der Waals surface area contributed by atoms with Crippen LogP contribution in [0.3, 0.4) is 0 Å². The van der Waals surface area contributed by atoms with Crippen molar-refractivity contribution < 1.29 is 17.9 Å². The van der Waals surface area contributed by atoms with Crippen LogP contribution in [-0.4, -0.2) is 25.9 Å². The van der Waals surface area contributed by atoms with Gasteiger partial charge < -0.3 is 10.2 Å². The summed E-state index contributed by atoms with van der Waals surface area (Å²) < 4.78 is 41.4. The van der Waals surface area contributed by atoms with E-state index in [0.717, 1.165) is 7.11 Å². The van der Waals surface area contributed by atoms with Crippen molar-refractivity contribution in [1.82, 2.24) is 5.43 Å². The van der Waals surface area contributed by atoms with Gasteiger partial charge in [0.1, 0.15) is 0 Å². The van der Waals surface area contributed by atoms with Gasteiger partial charge in [-0.25, -0.2) is 5.43 Å². The van der Waals surface area contributed by atoms with Crippen molar-refractivity contribution in [1.29, 1.82) is 5.26 Å². The summed E-state index contributed by atoms with van der Waals surface area (Å²) in [4.78, 5) is 0. The smallest absolute Gasteiger partial charge is 0.372 e. The molecule has 1 unspecified atom stereocenters. The first-order valence-corrected chi connectivity index (χ1v) is 5.56. The second-order valence-corrected chi connectivity index (χ2v) is 3.80. The number of hydrogen-bond acceptors (Lipinski definition) is 4. The molecule has 2 N–H and O–H groups in total. The molecule has 0 aliphatic heterocycles. The molecule has 4 nitrogen and oxygen atoms in total. The SMILES string of the molecule is COC(CCNNc1cccc(C#N)c1)C(F)(F)F. The number of rotatable bonds is 6. The minimum atomic E-state index is -4.36. The molecule has 0 aromatic heterocycles. The molecule has 0 radical (unpaired) electrons. The zero-order valence-corrected chi connectivity index (χ0v) is 10.3. The van der Waals surface area contributed by atoms with Gasteiger partial charge in [-0.3, -0.25) is 0 Å². The van der Waals surface area contributed by atoms with E-state index < -0.39 is 12.3 Å². The summed E-state index contributed by atoms with van der Waals surface area (Å²) in [6.45, 7) is 0.0782. The van der Waals surface area contributed by atoms with Gasteiger partial charge in [-0.2, -0.15) is 18.4 Å². The van der Waals surface area contributed by atoms with Gasteiger partial charge >= 0.3 is 6.18 Å². The topological polar surface area (TPSA) is 57.1 Å². The van der Waals surface area contributed by atoms with Crippen LogP contribution in [0.2, 0.25) is 0 Å². The highest BCUT2D eigenvalue weighted by atomic mass is 19.4. The van der Waals surface area contributed by atoms with Crippen LogP contribution in [0, 0.1) is 11.3 Å². The first kappa shape index (κ1) is 15.3. The first-order valence-electron chi connectivity index (χ1n) is 5.56. The Balaban J connectivity index is 2.36. The van der Waals surface area contributed by atoms with Gasteiger partial charge in [0.05, 0.1) is 17.3 Å². The quantitative estimate of drug-likeness (QED) is 0.617. The van der Waals surface area contributed by atoms with Crippen LogP contribution in [0.15, 0.2) is 24.3 Å². The zero-order chi connectivity index (χ0) is 14.3. The van der Waals surface area contributed by atoms with Crippen molar-refractivity contribution in [3.63, 3.8) is 0 Å². The maximum atomic E-state index is 12.4. The third-order valence-electron chi connectivity index (χ3n) is 2.41. The number of halogens is 3. The van der Waals surface area contributed by atoms with Crippen LogP contribution >= 0.6 is 0 Å². The summed E-state index contributed by atoms with van der Waals surface area (Å²) in [6, 6.07) is 8.57. The van der Waals surface area contributed by atoms with Crippen LogP contribution < -0.4 is 10.9 Å². The molecule has 0 saturated carbocycles. The Hall–Kier alpha value is -1.78. The number of anilines is 1. The van der Waals surface area contributed by atoms with E-state index >= 15 is 0 Å². The maximum absolute atomic E-state index is 12.4.